The number of nitrogens with zero attached hydrogens (tertiary/aromatic N) is 2. The van der Waals surface area contributed by atoms with Crippen LogP contribution in [-0.2, 0) is 10.0 Å². The zero-order valence-corrected chi connectivity index (χ0v) is 15.7. The number of Topliss-reactive ketones (excluding diaryl/α,β-unsaturated/α-hetero) is 1. The Morgan fingerprint density at radius 1 is 1.07 bits per heavy atom. The van der Waals surface area contributed by atoms with E-state index in [-0.39, 0.29) is 29.7 Å². The lowest BCUT2D eigenvalue weighted by Crippen LogP contribution is -2.40. The van der Waals surface area contributed by atoms with E-state index in [2.05, 4.69) is 0 Å². The number of ketones is 1. The smallest absolute Gasteiger partial charge is 0.289 e. The maximum absolute atomic E-state index is 12.8. The molecule has 0 unspecified atom stereocenters. The van der Waals surface area contributed by atoms with E-state index in [1.807, 2.05) is 19.1 Å². The summed E-state index contributed by atoms with van der Waals surface area (Å²) >= 11 is 0. The molecule has 0 spiro atoms. The van der Waals surface area contributed by atoms with Gasteiger partial charge in [0.1, 0.15) is 0 Å². The van der Waals surface area contributed by atoms with Crippen LogP contribution in [0.2, 0.25) is 0 Å². The molecule has 8 heteroatoms. The van der Waals surface area contributed by atoms with Crippen molar-refractivity contribution < 1.29 is 18.1 Å². The first-order valence-electron chi connectivity index (χ1n) is 8.65. The van der Waals surface area contributed by atoms with Gasteiger partial charge in [0.2, 0.25) is 10.0 Å². The number of hydrogen-bond acceptors (Lipinski definition) is 5. The van der Waals surface area contributed by atoms with Crippen LogP contribution in [0.1, 0.15) is 28.8 Å². The molecular formula is C19H20N2O5S. The Labute approximate surface area is 157 Å². The Morgan fingerprint density at radius 3 is 2.26 bits per heavy atom. The van der Waals surface area contributed by atoms with Crippen LogP contribution < -0.4 is 0 Å². The highest BCUT2D eigenvalue weighted by atomic mass is 32.2. The van der Waals surface area contributed by atoms with Crippen molar-refractivity contribution in [2.24, 2.45) is 5.92 Å². The minimum Gasteiger partial charge on any atom is -0.294 e. The second-order valence-electron chi connectivity index (χ2n) is 6.63. The lowest BCUT2D eigenvalue weighted by atomic mass is 9.89. The second kappa shape index (κ2) is 7.58. The fourth-order valence-electron chi connectivity index (χ4n) is 3.28. The fourth-order valence-corrected chi connectivity index (χ4v) is 4.90. The third-order valence-corrected chi connectivity index (χ3v) is 6.79. The highest BCUT2D eigenvalue weighted by molar-refractivity contribution is 7.89. The van der Waals surface area contributed by atoms with Crippen molar-refractivity contribution in [3.63, 3.8) is 0 Å². The molecule has 142 valence electrons. The van der Waals surface area contributed by atoms with Crippen LogP contribution in [0, 0.1) is 23.0 Å². The average molecular weight is 388 g/mol. The van der Waals surface area contributed by atoms with E-state index in [0.29, 0.717) is 18.4 Å². The predicted octanol–water partition coefficient (Wildman–Crippen LogP) is 3.19. The molecule has 1 aliphatic heterocycles. The number of piperidine rings is 1. The Bertz CT molecular complexity index is 962. The summed E-state index contributed by atoms with van der Waals surface area (Å²) in [5, 5.41) is 11.2. The van der Waals surface area contributed by atoms with Crippen molar-refractivity contribution >= 4 is 21.5 Å². The van der Waals surface area contributed by atoms with Gasteiger partial charge in [0.25, 0.3) is 5.69 Å². The molecule has 0 aliphatic carbocycles. The monoisotopic (exact) mass is 388 g/mol. The van der Waals surface area contributed by atoms with E-state index in [1.54, 1.807) is 12.1 Å². The first-order valence-corrected chi connectivity index (χ1v) is 10.1. The quantitative estimate of drug-likeness (QED) is 0.445. The third-order valence-electron chi connectivity index (χ3n) is 4.84. The summed E-state index contributed by atoms with van der Waals surface area (Å²) in [6, 6.07) is 12.7. The topological polar surface area (TPSA) is 97.6 Å². The van der Waals surface area contributed by atoms with Crippen LogP contribution in [0.4, 0.5) is 5.69 Å². The number of hydrogen-bond donors (Lipinski definition) is 0. The molecule has 0 atom stereocenters. The van der Waals surface area contributed by atoms with Crippen molar-refractivity contribution in [3.05, 3.63) is 69.8 Å². The summed E-state index contributed by atoms with van der Waals surface area (Å²) < 4.78 is 26.9. The molecule has 0 bridgehead atoms. The average Bonchev–Trinajstić information content (AvgIpc) is 2.68. The number of nitro benzene ring substituents is 1. The van der Waals surface area contributed by atoms with Gasteiger partial charge in [-0.05, 0) is 25.8 Å². The molecule has 2 aromatic rings. The van der Waals surface area contributed by atoms with Crippen LogP contribution in [-0.4, -0.2) is 36.5 Å². The van der Waals surface area contributed by atoms with Crippen molar-refractivity contribution in [2.45, 2.75) is 24.7 Å². The van der Waals surface area contributed by atoms with Gasteiger partial charge < -0.3 is 0 Å². The molecule has 0 amide bonds. The molecule has 2 aromatic carbocycles. The molecule has 27 heavy (non-hydrogen) atoms. The number of sulfonamides is 1. The number of carbonyl (C=O) groups is 1. The van der Waals surface area contributed by atoms with E-state index in [1.165, 1.54) is 28.6 Å². The second-order valence-corrected chi connectivity index (χ2v) is 8.54. The fraction of sp³-hybridized carbons (Fsp3) is 0.316. The number of aryl methyl sites for hydroxylation is 1. The van der Waals surface area contributed by atoms with E-state index in [4.69, 9.17) is 0 Å². The minimum absolute atomic E-state index is 0.0118. The molecule has 7 nitrogen and oxygen atoms in total. The maximum Gasteiger partial charge on any atom is 0.289 e. The van der Waals surface area contributed by atoms with Crippen molar-refractivity contribution in [1.29, 1.82) is 0 Å². The van der Waals surface area contributed by atoms with E-state index >= 15 is 0 Å². The molecule has 1 heterocycles. The summed E-state index contributed by atoms with van der Waals surface area (Å²) in [7, 11) is -3.98. The van der Waals surface area contributed by atoms with Crippen molar-refractivity contribution in [3.8, 4) is 0 Å². The Balaban J connectivity index is 1.74. The number of para-hydroxylation sites is 1. The van der Waals surface area contributed by atoms with Gasteiger partial charge >= 0.3 is 0 Å². The van der Waals surface area contributed by atoms with Crippen LogP contribution >= 0.6 is 0 Å². The number of benzene rings is 2. The SMILES string of the molecule is Cc1ccc(C(=O)C2CCN(S(=O)(=O)c3ccccc3[N+](=O)[O-])CC2)cc1. The van der Waals surface area contributed by atoms with E-state index < -0.39 is 20.6 Å². The van der Waals surface area contributed by atoms with Crippen LogP contribution in [0.25, 0.3) is 0 Å². The molecule has 3 rings (SSSR count). The van der Waals surface area contributed by atoms with Crippen LogP contribution in [0.15, 0.2) is 53.4 Å². The van der Waals surface area contributed by atoms with Crippen LogP contribution in [0.5, 0.6) is 0 Å². The predicted molar refractivity (Wildman–Crippen MR) is 100 cm³/mol. The van der Waals surface area contributed by atoms with Crippen molar-refractivity contribution in [1.82, 2.24) is 4.31 Å². The van der Waals surface area contributed by atoms with Crippen LogP contribution in [0.3, 0.4) is 0 Å². The number of nitro groups is 1. The summed E-state index contributed by atoms with van der Waals surface area (Å²) in [6.07, 6.45) is 0.791. The van der Waals surface area contributed by atoms with Gasteiger partial charge in [0.15, 0.2) is 10.7 Å². The summed E-state index contributed by atoms with van der Waals surface area (Å²) in [5.74, 6) is -0.234. The van der Waals surface area contributed by atoms with Gasteiger partial charge in [0, 0.05) is 30.6 Å². The summed E-state index contributed by atoms with van der Waals surface area (Å²) in [4.78, 5) is 22.8. The lowest BCUT2D eigenvalue weighted by molar-refractivity contribution is -0.387. The molecule has 1 aliphatic rings. The zero-order chi connectivity index (χ0) is 19.6. The first-order chi connectivity index (χ1) is 12.8. The Hall–Kier alpha value is -2.58. The highest BCUT2D eigenvalue weighted by Gasteiger charge is 2.35. The summed E-state index contributed by atoms with van der Waals surface area (Å²) in [6.45, 7) is 2.27. The van der Waals surface area contributed by atoms with Gasteiger partial charge in [-0.15, -0.1) is 0 Å². The van der Waals surface area contributed by atoms with Gasteiger partial charge in [-0.25, -0.2) is 8.42 Å². The Morgan fingerprint density at radius 2 is 1.67 bits per heavy atom. The van der Waals surface area contributed by atoms with Crippen molar-refractivity contribution in [2.75, 3.05) is 13.1 Å². The van der Waals surface area contributed by atoms with E-state index in [9.17, 15) is 23.3 Å². The van der Waals surface area contributed by atoms with Gasteiger partial charge in [0.05, 0.1) is 4.92 Å². The standard InChI is InChI=1S/C19H20N2O5S/c1-14-6-8-15(9-7-14)19(22)16-10-12-20(13-11-16)27(25,26)18-5-3-2-4-17(18)21(23)24/h2-9,16H,10-13H2,1H3. The molecule has 1 fully saturated rings. The third kappa shape index (κ3) is 3.91. The molecule has 1 saturated heterocycles. The normalized spacial score (nSPS) is 16.2. The molecule has 0 aromatic heterocycles. The maximum atomic E-state index is 12.8. The molecule has 0 radical (unpaired) electrons. The molecule has 0 saturated carbocycles. The Kier molecular flexibility index (Phi) is 5.38. The number of carbonyl (C=O) groups excluding carboxylic acids is 1. The lowest BCUT2D eigenvalue weighted by Gasteiger charge is -2.30. The zero-order valence-electron chi connectivity index (χ0n) is 14.9. The number of rotatable bonds is 5. The summed E-state index contributed by atoms with van der Waals surface area (Å²) in [5.41, 5.74) is 1.26. The highest BCUT2D eigenvalue weighted by Crippen LogP contribution is 2.30. The van der Waals surface area contributed by atoms with Gasteiger partial charge in [-0.3, -0.25) is 14.9 Å². The molecule has 0 N–H and O–H groups in total. The first kappa shape index (κ1) is 19.2. The minimum atomic E-state index is -3.98. The molecular weight excluding hydrogens is 368 g/mol. The van der Waals surface area contributed by atoms with E-state index in [0.717, 1.165) is 5.56 Å². The largest absolute Gasteiger partial charge is 0.294 e. The van der Waals surface area contributed by atoms with Gasteiger partial charge in [-0.1, -0.05) is 42.0 Å². The van der Waals surface area contributed by atoms with Gasteiger partial charge in [-0.2, -0.15) is 4.31 Å².